The van der Waals surface area contributed by atoms with Gasteiger partial charge in [0, 0.05) is 4.47 Å². The van der Waals surface area contributed by atoms with Gasteiger partial charge in [0.05, 0.1) is 11.7 Å². The summed E-state index contributed by atoms with van der Waals surface area (Å²) in [7, 11) is 1.96. The third-order valence-corrected chi connectivity index (χ3v) is 3.33. The van der Waals surface area contributed by atoms with Crippen LogP contribution in [0.15, 0.2) is 22.7 Å². The Balaban J connectivity index is 2.13. The summed E-state index contributed by atoms with van der Waals surface area (Å²) in [4.78, 5) is 0. The molecule has 0 fully saturated rings. The van der Waals surface area contributed by atoms with E-state index < -0.39 is 0 Å². The van der Waals surface area contributed by atoms with E-state index in [0.717, 1.165) is 28.9 Å². The Morgan fingerprint density at radius 3 is 3.06 bits per heavy atom. The van der Waals surface area contributed by atoms with Crippen LogP contribution in [0.1, 0.15) is 13.3 Å². The Bertz CT molecular complexity index is 370. The lowest BCUT2D eigenvalue weighted by atomic mass is 10.1. The molecule has 0 saturated heterocycles. The molecule has 0 radical (unpaired) electrons. The quantitative estimate of drug-likeness (QED) is 0.895. The van der Waals surface area contributed by atoms with Crippen molar-refractivity contribution in [2.24, 2.45) is 0 Å². The van der Waals surface area contributed by atoms with Crippen LogP contribution in [0, 0.1) is 0 Å². The number of nitrogens with one attached hydrogen (secondary N) is 2. The Morgan fingerprint density at radius 1 is 1.50 bits per heavy atom. The van der Waals surface area contributed by atoms with Crippen LogP contribution in [-0.2, 0) is 0 Å². The molecule has 0 aliphatic carbocycles. The Labute approximate surface area is 105 Å². The van der Waals surface area contributed by atoms with Crippen molar-refractivity contribution < 1.29 is 4.74 Å². The summed E-state index contributed by atoms with van der Waals surface area (Å²) >= 11 is 3.46. The maximum Gasteiger partial charge on any atom is 0.144 e. The molecule has 0 spiro atoms. The molecule has 1 aliphatic rings. The van der Waals surface area contributed by atoms with Gasteiger partial charge < -0.3 is 15.4 Å². The van der Waals surface area contributed by atoms with Crippen molar-refractivity contribution in [3.05, 3.63) is 22.7 Å². The summed E-state index contributed by atoms with van der Waals surface area (Å²) in [6, 6.07) is 6.43. The van der Waals surface area contributed by atoms with Crippen molar-refractivity contribution >= 4 is 21.6 Å². The molecule has 2 unspecified atom stereocenters. The van der Waals surface area contributed by atoms with E-state index >= 15 is 0 Å². The molecular formula is C12H17BrN2O. The fourth-order valence-corrected chi connectivity index (χ4v) is 2.25. The van der Waals surface area contributed by atoms with Crippen molar-refractivity contribution in [3.8, 4) is 5.75 Å². The van der Waals surface area contributed by atoms with Gasteiger partial charge in [-0.3, -0.25) is 0 Å². The molecule has 0 aromatic heterocycles. The molecule has 1 aromatic carbocycles. The zero-order valence-corrected chi connectivity index (χ0v) is 11.2. The largest absolute Gasteiger partial charge is 0.486 e. The summed E-state index contributed by atoms with van der Waals surface area (Å²) < 4.78 is 7.05. The highest BCUT2D eigenvalue weighted by Crippen LogP contribution is 2.34. The monoisotopic (exact) mass is 284 g/mol. The first-order valence-electron chi connectivity index (χ1n) is 5.58. The summed E-state index contributed by atoms with van der Waals surface area (Å²) in [6.45, 7) is 3.13. The van der Waals surface area contributed by atoms with Gasteiger partial charge in [-0.25, -0.2) is 0 Å². The minimum absolute atomic E-state index is 0.231. The maximum atomic E-state index is 5.99. The first-order valence-corrected chi connectivity index (χ1v) is 6.37. The van der Waals surface area contributed by atoms with Crippen molar-refractivity contribution in [2.75, 3.05) is 18.9 Å². The number of hydrogen-bond donors (Lipinski definition) is 2. The number of benzene rings is 1. The van der Waals surface area contributed by atoms with E-state index in [1.807, 2.05) is 25.2 Å². The standard InChI is InChI=1S/C12H17BrN2O/c1-8-11(5-6-14-2)16-12-7-9(13)3-4-10(12)15-8/h3-4,7-8,11,14-15H,5-6H2,1-2H3. The highest BCUT2D eigenvalue weighted by atomic mass is 79.9. The number of anilines is 1. The highest BCUT2D eigenvalue weighted by molar-refractivity contribution is 9.10. The highest BCUT2D eigenvalue weighted by Gasteiger charge is 2.25. The van der Waals surface area contributed by atoms with Gasteiger partial charge in [-0.15, -0.1) is 0 Å². The third kappa shape index (κ3) is 2.50. The van der Waals surface area contributed by atoms with Gasteiger partial charge in [-0.05, 0) is 45.1 Å². The lowest BCUT2D eigenvalue weighted by Crippen LogP contribution is -2.40. The molecule has 88 valence electrons. The van der Waals surface area contributed by atoms with Gasteiger partial charge in [0.1, 0.15) is 11.9 Å². The van der Waals surface area contributed by atoms with Crippen molar-refractivity contribution in [2.45, 2.75) is 25.5 Å². The van der Waals surface area contributed by atoms with E-state index in [1.54, 1.807) is 0 Å². The number of hydrogen-bond acceptors (Lipinski definition) is 3. The maximum absolute atomic E-state index is 5.99. The molecule has 3 nitrogen and oxygen atoms in total. The normalized spacial score (nSPS) is 23.2. The molecular weight excluding hydrogens is 268 g/mol. The van der Waals surface area contributed by atoms with Crippen molar-refractivity contribution in [3.63, 3.8) is 0 Å². The fourth-order valence-electron chi connectivity index (χ4n) is 1.91. The van der Waals surface area contributed by atoms with E-state index in [0.29, 0.717) is 6.04 Å². The first-order chi connectivity index (χ1) is 7.70. The first kappa shape index (κ1) is 11.7. The number of rotatable bonds is 3. The number of ether oxygens (including phenoxy) is 1. The molecule has 0 amide bonds. The van der Waals surface area contributed by atoms with E-state index in [9.17, 15) is 0 Å². The molecule has 4 heteroatoms. The van der Waals surface area contributed by atoms with E-state index in [2.05, 4.69) is 33.5 Å². The van der Waals surface area contributed by atoms with Crippen LogP contribution in [0.25, 0.3) is 0 Å². The molecule has 0 saturated carbocycles. The van der Waals surface area contributed by atoms with Gasteiger partial charge in [0.25, 0.3) is 0 Å². The number of halogens is 1. The molecule has 0 bridgehead atoms. The van der Waals surface area contributed by atoms with E-state index in [4.69, 9.17) is 4.74 Å². The Hall–Kier alpha value is -0.740. The van der Waals surface area contributed by atoms with Gasteiger partial charge in [0.2, 0.25) is 0 Å². The van der Waals surface area contributed by atoms with E-state index in [1.165, 1.54) is 0 Å². The number of fused-ring (bicyclic) bond motifs is 1. The van der Waals surface area contributed by atoms with Crippen LogP contribution < -0.4 is 15.4 Å². The molecule has 2 rings (SSSR count). The molecule has 1 aromatic rings. The topological polar surface area (TPSA) is 33.3 Å². The minimum atomic E-state index is 0.231. The average Bonchev–Trinajstić information content (AvgIpc) is 2.27. The van der Waals surface area contributed by atoms with Crippen LogP contribution in [0.5, 0.6) is 5.75 Å². The minimum Gasteiger partial charge on any atom is -0.486 e. The van der Waals surface area contributed by atoms with Gasteiger partial charge in [0.15, 0.2) is 0 Å². The Morgan fingerprint density at radius 2 is 2.31 bits per heavy atom. The Kier molecular flexibility index (Phi) is 3.71. The third-order valence-electron chi connectivity index (χ3n) is 2.84. The predicted octanol–water partition coefficient (Wildman–Crippen LogP) is 2.62. The zero-order valence-electron chi connectivity index (χ0n) is 9.59. The average molecular weight is 285 g/mol. The summed E-state index contributed by atoms with van der Waals surface area (Å²) in [5.74, 6) is 0.938. The van der Waals surface area contributed by atoms with Crippen LogP contribution >= 0.6 is 15.9 Å². The zero-order chi connectivity index (χ0) is 11.5. The summed E-state index contributed by atoms with van der Waals surface area (Å²) in [5, 5.41) is 6.63. The lowest BCUT2D eigenvalue weighted by molar-refractivity contribution is 0.165. The molecule has 1 heterocycles. The SMILES string of the molecule is CNCCC1Oc2cc(Br)ccc2NC1C. The van der Waals surface area contributed by atoms with Crippen molar-refractivity contribution in [1.29, 1.82) is 0 Å². The van der Waals surface area contributed by atoms with Gasteiger partial charge >= 0.3 is 0 Å². The molecule has 2 N–H and O–H groups in total. The van der Waals surface area contributed by atoms with Crippen LogP contribution in [-0.4, -0.2) is 25.7 Å². The van der Waals surface area contributed by atoms with E-state index in [-0.39, 0.29) is 6.10 Å². The van der Waals surface area contributed by atoms with Gasteiger partial charge in [-0.1, -0.05) is 15.9 Å². The van der Waals surface area contributed by atoms with Crippen LogP contribution in [0.3, 0.4) is 0 Å². The summed E-state index contributed by atoms with van der Waals surface area (Å²) in [5.41, 5.74) is 1.08. The fraction of sp³-hybridized carbons (Fsp3) is 0.500. The van der Waals surface area contributed by atoms with Crippen LogP contribution in [0.2, 0.25) is 0 Å². The van der Waals surface area contributed by atoms with Crippen LogP contribution in [0.4, 0.5) is 5.69 Å². The second kappa shape index (κ2) is 5.06. The van der Waals surface area contributed by atoms with Crippen molar-refractivity contribution in [1.82, 2.24) is 5.32 Å². The molecule has 16 heavy (non-hydrogen) atoms. The smallest absolute Gasteiger partial charge is 0.144 e. The lowest BCUT2D eigenvalue weighted by Gasteiger charge is -2.33. The predicted molar refractivity (Wildman–Crippen MR) is 70.2 cm³/mol. The second-order valence-electron chi connectivity index (χ2n) is 4.12. The summed E-state index contributed by atoms with van der Waals surface area (Å²) in [6.07, 6.45) is 1.24. The molecule has 1 aliphatic heterocycles. The van der Waals surface area contributed by atoms with Gasteiger partial charge in [-0.2, -0.15) is 0 Å². The second-order valence-corrected chi connectivity index (χ2v) is 5.04. The molecule has 2 atom stereocenters.